The number of aromatic nitrogens is 1. The van der Waals surface area contributed by atoms with E-state index in [2.05, 4.69) is 15.5 Å². The maximum Gasteiger partial charge on any atom is 0.141 e. The van der Waals surface area contributed by atoms with Gasteiger partial charge in [-0.3, -0.25) is 10.4 Å². The third kappa shape index (κ3) is 3.05. The summed E-state index contributed by atoms with van der Waals surface area (Å²) >= 11 is 5.67. The molecule has 0 aliphatic rings. The standard InChI is InChI=1S/C13H11ClFN3/c1-9(13-4-2-3-7-16-13)17-18-10-5-6-12(15)11(14)8-10/h2-8,18H,1H3/b17-9+. The zero-order chi connectivity index (χ0) is 13.0. The van der Waals surface area contributed by atoms with E-state index in [0.29, 0.717) is 5.69 Å². The van der Waals surface area contributed by atoms with Crippen LogP contribution in [0.1, 0.15) is 12.6 Å². The molecule has 0 saturated heterocycles. The number of hydrazone groups is 1. The van der Waals surface area contributed by atoms with E-state index in [1.807, 2.05) is 25.1 Å². The van der Waals surface area contributed by atoms with Crippen LogP contribution in [0.5, 0.6) is 0 Å². The van der Waals surface area contributed by atoms with Crippen molar-refractivity contribution in [3.8, 4) is 0 Å². The molecule has 1 aromatic heterocycles. The molecule has 2 aromatic rings. The molecule has 0 radical (unpaired) electrons. The SMILES string of the molecule is C/C(=N\Nc1ccc(F)c(Cl)c1)c1ccccn1. The zero-order valence-electron chi connectivity index (χ0n) is 9.69. The third-order valence-corrected chi connectivity index (χ3v) is 2.60. The van der Waals surface area contributed by atoms with Gasteiger partial charge in [0.1, 0.15) is 5.82 Å². The number of hydrogen-bond acceptors (Lipinski definition) is 3. The quantitative estimate of drug-likeness (QED) is 0.677. The van der Waals surface area contributed by atoms with Crippen molar-refractivity contribution in [3.63, 3.8) is 0 Å². The average Bonchev–Trinajstić information content (AvgIpc) is 2.41. The summed E-state index contributed by atoms with van der Waals surface area (Å²) in [7, 11) is 0. The number of hydrogen-bond donors (Lipinski definition) is 1. The van der Waals surface area contributed by atoms with Gasteiger partial charge in [-0.2, -0.15) is 5.10 Å². The molecule has 1 heterocycles. The number of rotatable bonds is 3. The molecule has 0 spiro atoms. The van der Waals surface area contributed by atoms with E-state index in [4.69, 9.17) is 11.6 Å². The minimum Gasteiger partial charge on any atom is -0.278 e. The number of nitrogens with zero attached hydrogens (tertiary/aromatic N) is 2. The first-order valence-electron chi connectivity index (χ1n) is 5.33. The van der Waals surface area contributed by atoms with Crippen LogP contribution in [0.15, 0.2) is 47.7 Å². The van der Waals surface area contributed by atoms with Crippen LogP contribution in [0.3, 0.4) is 0 Å². The van der Waals surface area contributed by atoms with E-state index in [-0.39, 0.29) is 5.02 Å². The predicted molar refractivity (Wildman–Crippen MR) is 71.5 cm³/mol. The summed E-state index contributed by atoms with van der Waals surface area (Å²) in [6, 6.07) is 9.91. The fourth-order valence-electron chi connectivity index (χ4n) is 1.35. The van der Waals surface area contributed by atoms with E-state index in [1.165, 1.54) is 12.1 Å². The van der Waals surface area contributed by atoms with Crippen LogP contribution in [0.2, 0.25) is 5.02 Å². The van der Waals surface area contributed by atoms with Crippen LogP contribution in [-0.2, 0) is 0 Å². The fraction of sp³-hybridized carbons (Fsp3) is 0.0769. The Bertz CT molecular complexity index is 570. The Balaban J connectivity index is 2.13. The molecule has 2 rings (SSSR count). The van der Waals surface area contributed by atoms with Gasteiger partial charge in [0, 0.05) is 6.20 Å². The first-order valence-corrected chi connectivity index (χ1v) is 5.71. The minimum absolute atomic E-state index is 0.0608. The van der Waals surface area contributed by atoms with E-state index < -0.39 is 5.82 Å². The molecule has 3 nitrogen and oxygen atoms in total. The van der Waals surface area contributed by atoms with Gasteiger partial charge in [0.2, 0.25) is 0 Å². The Hall–Kier alpha value is -1.94. The molecule has 0 unspecified atom stereocenters. The summed E-state index contributed by atoms with van der Waals surface area (Å²) in [6.07, 6.45) is 1.70. The van der Waals surface area contributed by atoms with Crippen LogP contribution in [0.25, 0.3) is 0 Å². The fourth-order valence-corrected chi connectivity index (χ4v) is 1.53. The van der Waals surface area contributed by atoms with Crippen molar-refractivity contribution in [1.29, 1.82) is 0 Å². The second-order valence-electron chi connectivity index (χ2n) is 3.65. The lowest BCUT2D eigenvalue weighted by Gasteiger charge is -2.03. The maximum absolute atomic E-state index is 13.0. The lowest BCUT2D eigenvalue weighted by Crippen LogP contribution is -2.01. The van der Waals surface area contributed by atoms with Crippen molar-refractivity contribution in [1.82, 2.24) is 4.98 Å². The number of anilines is 1. The molecule has 0 fully saturated rings. The van der Waals surface area contributed by atoms with Gasteiger partial charge in [0.05, 0.1) is 22.1 Å². The lowest BCUT2D eigenvalue weighted by atomic mass is 10.3. The molecule has 0 bridgehead atoms. The highest BCUT2D eigenvalue weighted by atomic mass is 35.5. The number of halogens is 2. The Labute approximate surface area is 109 Å². The van der Waals surface area contributed by atoms with Gasteiger partial charge in [-0.05, 0) is 37.3 Å². The Morgan fingerprint density at radius 1 is 1.33 bits per heavy atom. The van der Waals surface area contributed by atoms with Gasteiger partial charge in [0.25, 0.3) is 0 Å². The summed E-state index contributed by atoms with van der Waals surface area (Å²) in [6.45, 7) is 1.83. The van der Waals surface area contributed by atoms with Crippen molar-refractivity contribution in [2.24, 2.45) is 5.10 Å². The van der Waals surface area contributed by atoms with E-state index >= 15 is 0 Å². The molecular weight excluding hydrogens is 253 g/mol. The molecule has 1 N–H and O–H groups in total. The third-order valence-electron chi connectivity index (χ3n) is 2.31. The molecule has 0 aliphatic heterocycles. The Kier molecular flexibility index (Phi) is 3.89. The van der Waals surface area contributed by atoms with E-state index in [1.54, 1.807) is 12.3 Å². The minimum atomic E-state index is -0.451. The maximum atomic E-state index is 13.0. The van der Waals surface area contributed by atoms with E-state index in [9.17, 15) is 4.39 Å². The Morgan fingerprint density at radius 2 is 2.17 bits per heavy atom. The highest BCUT2D eigenvalue weighted by Crippen LogP contribution is 2.19. The molecule has 5 heteroatoms. The van der Waals surface area contributed by atoms with Gasteiger partial charge in [-0.15, -0.1) is 0 Å². The number of nitrogens with one attached hydrogen (secondary N) is 1. The van der Waals surface area contributed by atoms with Crippen molar-refractivity contribution in [3.05, 3.63) is 59.1 Å². The second kappa shape index (κ2) is 5.60. The van der Waals surface area contributed by atoms with Gasteiger partial charge in [0.15, 0.2) is 0 Å². The normalized spacial score (nSPS) is 11.4. The second-order valence-corrected chi connectivity index (χ2v) is 4.06. The molecule has 0 aliphatic carbocycles. The molecular formula is C13H11ClFN3. The molecule has 92 valence electrons. The largest absolute Gasteiger partial charge is 0.278 e. The van der Waals surface area contributed by atoms with E-state index in [0.717, 1.165) is 11.4 Å². The number of benzene rings is 1. The van der Waals surface area contributed by atoms with Gasteiger partial charge >= 0.3 is 0 Å². The number of pyridine rings is 1. The summed E-state index contributed by atoms with van der Waals surface area (Å²) in [4.78, 5) is 4.17. The van der Waals surface area contributed by atoms with Gasteiger partial charge in [-0.25, -0.2) is 4.39 Å². The van der Waals surface area contributed by atoms with Crippen LogP contribution < -0.4 is 5.43 Å². The summed E-state index contributed by atoms with van der Waals surface area (Å²) < 4.78 is 13.0. The summed E-state index contributed by atoms with van der Waals surface area (Å²) in [5.41, 5.74) is 4.94. The summed E-state index contributed by atoms with van der Waals surface area (Å²) in [5, 5.41) is 4.22. The molecule has 0 atom stereocenters. The summed E-state index contributed by atoms with van der Waals surface area (Å²) in [5.74, 6) is -0.451. The van der Waals surface area contributed by atoms with Crippen LogP contribution >= 0.6 is 11.6 Å². The van der Waals surface area contributed by atoms with Crippen molar-refractivity contribution < 1.29 is 4.39 Å². The lowest BCUT2D eigenvalue weighted by molar-refractivity contribution is 0.628. The van der Waals surface area contributed by atoms with Crippen molar-refractivity contribution >= 4 is 23.0 Å². The zero-order valence-corrected chi connectivity index (χ0v) is 10.4. The molecule has 18 heavy (non-hydrogen) atoms. The van der Waals surface area contributed by atoms with Gasteiger partial charge in [-0.1, -0.05) is 17.7 Å². The van der Waals surface area contributed by atoms with Crippen molar-refractivity contribution in [2.45, 2.75) is 6.92 Å². The van der Waals surface area contributed by atoms with Crippen LogP contribution in [0, 0.1) is 5.82 Å². The topological polar surface area (TPSA) is 37.3 Å². The molecule has 0 amide bonds. The molecule has 0 saturated carbocycles. The van der Waals surface area contributed by atoms with Crippen molar-refractivity contribution in [2.75, 3.05) is 5.43 Å². The smallest absolute Gasteiger partial charge is 0.141 e. The monoisotopic (exact) mass is 263 g/mol. The molecule has 1 aromatic carbocycles. The highest BCUT2D eigenvalue weighted by Gasteiger charge is 2.01. The first kappa shape index (κ1) is 12.5. The highest BCUT2D eigenvalue weighted by molar-refractivity contribution is 6.31. The van der Waals surface area contributed by atoms with Gasteiger partial charge < -0.3 is 0 Å². The predicted octanol–water partition coefficient (Wildman–Crippen LogP) is 3.71. The first-order chi connectivity index (χ1) is 8.66. The van der Waals surface area contributed by atoms with Crippen LogP contribution in [0.4, 0.5) is 10.1 Å². The average molecular weight is 264 g/mol. The Morgan fingerprint density at radius 3 is 2.83 bits per heavy atom. The van der Waals surface area contributed by atoms with Crippen LogP contribution in [-0.4, -0.2) is 10.7 Å².